The molecule has 0 saturated heterocycles. The first-order valence-corrected chi connectivity index (χ1v) is 8.93. The SMILES string of the molecule is Cc1cccc(NC(=O)c2cccc(-c3noc(C4CCC4)n3)c2)c1C. The largest absolute Gasteiger partial charge is 0.339 e. The summed E-state index contributed by atoms with van der Waals surface area (Å²) in [4.78, 5) is 17.2. The maximum Gasteiger partial charge on any atom is 0.255 e. The van der Waals surface area contributed by atoms with E-state index in [1.54, 1.807) is 12.1 Å². The highest BCUT2D eigenvalue weighted by atomic mass is 16.5. The Bertz CT molecular complexity index is 957. The third-order valence-corrected chi connectivity index (χ3v) is 5.13. The Labute approximate surface area is 152 Å². The van der Waals surface area contributed by atoms with Gasteiger partial charge in [0.05, 0.1) is 0 Å². The fourth-order valence-corrected chi connectivity index (χ4v) is 3.05. The second-order valence-electron chi connectivity index (χ2n) is 6.87. The van der Waals surface area contributed by atoms with Gasteiger partial charge in [-0.1, -0.05) is 35.8 Å². The van der Waals surface area contributed by atoms with Gasteiger partial charge in [-0.15, -0.1) is 0 Å². The van der Waals surface area contributed by atoms with Crippen molar-refractivity contribution in [1.29, 1.82) is 0 Å². The van der Waals surface area contributed by atoms with Crippen molar-refractivity contribution in [2.45, 2.75) is 39.0 Å². The van der Waals surface area contributed by atoms with Crippen LogP contribution in [0.2, 0.25) is 0 Å². The Hall–Kier alpha value is -2.95. The van der Waals surface area contributed by atoms with Crippen molar-refractivity contribution in [1.82, 2.24) is 10.1 Å². The molecule has 5 nitrogen and oxygen atoms in total. The van der Waals surface area contributed by atoms with Gasteiger partial charge >= 0.3 is 0 Å². The number of nitrogens with one attached hydrogen (secondary N) is 1. The number of amides is 1. The number of nitrogens with zero attached hydrogens (tertiary/aromatic N) is 2. The molecule has 0 bridgehead atoms. The lowest BCUT2D eigenvalue weighted by Crippen LogP contribution is -2.13. The molecule has 0 unspecified atom stereocenters. The number of aryl methyl sites for hydroxylation is 1. The molecule has 0 spiro atoms. The van der Waals surface area contributed by atoms with Gasteiger partial charge in [-0.25, -0.2) is 0 Å². The van der Waals surface area contributed by atoms with Crippen molar-refractivity contribution in [2.75, 3.05) is 5.32 Å². The van der Waals surface area contributed by atoms with Crippen LogP contribution in [-0.4, -0.2) is 16.0 Å². The zero-order chi connectivity index (χ0) is 18.1. The summed E-state index contributed by atoms with van der Waals surface area (Å²) < 4.78 is 5.39. The van der Waals surface area contributed by atoms with Crippen LogP contribution < -0.4 is 5.32 Å². The molecule has 1 saturated carbocycles. The lowest BCUT2D eigenvalue weighted by Gasteiger charge is -2.20. The Kier molecular flexibility index (Phi) is 4.29. The van der Waals surface area contributed by atoms with Crippen LogP contribution in [0.15, 0.2) is 47.0 Å². The summed E-state index contributed by atoms with van der Waals surface area (Å²) in [5, 5.41) is 7.07. The number of hydrogen-bond acceptors (Lipinski definition) is 4. The fraction of sp³-hybridized carbons (Fsp3) is 0.286. The number of hydrogen-bond donors (Lipinski definition) is 1. The predicted molar refractivity (Wildman–Crippen MR) is 100 cm³/mol. The fourth-order valence-electron chi connectivity index (χ4n) is 3.05. The van der Waals surface area contributed by atoms with E-state index in [1.807, 2.05) is 44.2 Å². The minimum absolute atomic E-state index is 0.150. The van der Waals surface area contributed by atoms with E-state index in [-0.39, 0.29) is 5.91 Å². The summed E-state index contributed by atoms with van der Waals surface area (Å²) in [6.45, 7) is 4.03. The van der Waals surface area contributed by atoms with Gasteiger partial charge in [0.2, 0.25) is 11.7 Å². The average molecular weight is 347 g/mol. The van der Waals surface area contributed by atoms with Gasteiger partial charge in [-0.3, -0.25) is 4.79 Å². The Morgan fingerprint density at radius 1 is 1.15 bits per heavy atom. The van der Waals surface area contributed by atoms with Crippen molar-refractivity contribution in [3.63, 3.8) is 0 Å². The Morgan fingerprint density at radius 2 is 1.96 bits per heavy atom. The van der Waals surface area contributed by atoms with Gasteiger partial charge in [-0.2, -0.15) is 4.98 Å². The lowest BCUT2D eigenvalue weighted by atomic mass is 9.85. The van der Waals surface area contributed by atoms with E-state index < -0.39 is 0 Å². The lowest BCUT2D eigenvalue weighted by molar-refractivity contribution is 0.102. The van der Waals surface area contributed by atoms with Crippen LogP contribution in [0.25, 0.3) is 11.4 Å². The molecule has 3 aromatic rings. The second-order valence-corrected chi connectivity index (χ2v) is 6.87. The van der Waals surface area contributed by atoms with Crippen LogP contribution in [0.3, 0.4) is 0 Å². The average Bonchev–Trinajstić information content (AvgIpc) is 3.07. The van der Waals surface area contributed by atoms with Crippen LogP contribution in [0.1, 0.15) is 52.6 Å². The first-order valence-electron chi connectivity index (χ1n) is 8.93. The van der Waals surface area contributed by atoms with Gasteiger partial charge in [0.25, 0.3) is 5.91 Å². The highest BCUT2D eigenvalue weighted by Gasteiger charge is 2.25. The minimum Gasteiger partial charge on any atom is -0.339 e. The van der Waals surface area contributed by atoms with E-state index in [0.29, 0.717) is 23.2 Å². The van der Waals surface area contributed by atoms with E-state index in [9.17, 15) is 4.79 Å². The molecule has 2 aromatic carbocycles. The van der Waals surface area contributed by atoms with Gasteiger partial charge in [0.15, 0.2) is 0 Å². The highest BCUT2D eigenvalue weighted by molar-refractivity contribution is 6.05. The highest BCUT2D eigenvalue weighted by Crippen LogP contribution is 2.36. The van der Waals surface area contributed by atoms with Crippen LogP contribution in [0.4, 0.5) is 5.69 Å². The minimum atomic E-state index is -0.150. The number of benzene rings is 2. The molecule has 1 heterocycles. The molecule has 0 atom stereocenters. The Balaban J connectivity index is 1.56. The molecule has 0 aliphatic heterocycles. The summed E-state index contributed by atoms with van der Waals surface area (Å²) in [6, 6.07) is 13.2. The van der Waals surface area contributed by atoms with Crippen LogP contribution in [-0.2, 0) is 0 Å². The Morgan fingerprint density at radius 3 is 2.73 bits per heavy atom. The van der Waals surface area contributed by atoms with Gasteiger partial charge in [0.1, 0.15) is 0 Å². The number of carbonyl (C=O) groups excluding carboxylic acids is 1. The quantitative estimate of drug-likeness (QED) is 0.731. The molecular formula is C21H21N3O2. The maximum atomic E-state index is 12.7. The molecule has 1 fully saturated rings. The van der Waals surface area contributed by atoms with E-state index >= 15 is 0 Å². The zero-order valence-corrected chi connectivity index (χ0v) is 15.0. The van der Waals surface area contributed by atoms with E-state index in [1.165, 1.54) is 6.42 Å². The second kappa shape index (κ2) is 6.75. The van der Waals surface area contributed by atoms with Gasteiger partial charge in [-0.05, 0) is 56.0 Å². The first kappa shape index (κ1) is 16.5. The maximum absolute atomic E-state index is 12.7. The molecule has 1 amide bonds. The molecule has 5 heteroatoms. The summed E-state index contributed by atoms with van der Waals surface area (Å²) in [5.41, 5.74) is 4.39. The standard InChI is InChI=1S/C21H21N3O2/c1-13-6-3-11-18(14(13)2)22-20(25)17-10-5-9-16(12-17)19-23-21(26-24-19)15-7-4-8-15/h3,5-6,9-12,15H,4,7-8H2,1-2H3,(H,22,25). The molecule has 132 valence electrons. The summed E-state index contributed by atoms with van der Waals surface area (Å²) in [6.07, 6.45) is 3.44. The normalized spacial score (nSPS) is 14.1. The zero-order valence-electron chi connectivity index (χ0n) is 15.0. The molecule has 1 aliphatic rings. The first-order chi connectivity index (χ1) is 12.6. The van der Waals surface area contributed by atoms with Crippen molar-refractivity contribution in [2.24, 2.45) is 0 Å². The predicted octanol–water partition coefficient (Wildman–Crippen LogP) is 4.87. The number of carbonyl (C=O) groups is 1. The molecule has 1 aliphatic carbocycles. The van der Waals surface area contributed by atoms with Crippen molar-refractivity contribution < 1.29 is 9.32 Å². The van der Waals surface area contributed by atoms with Crippen molar-refractivity contribution in [3.8, 4) is 11.4 Å². The molecule has 1 aromatic heterocycles. The topological polar surface area (TPSA) is 68.0 Å². The van der Waals surface area contributed by atoms with Crippen LogP contribution >= 0.6 is 0 Å². The molecular weight excluding hydrogens is 326 g/mol. The van der Waals surface area contributed by atoms with Gasteiger partial charge < -0.3 is 9.84 Å². The number of anilines is 1. The van der Waals surface area contributed by atoms with Crippen molar-refractivity contribution >= 4 is 11.6 Å². The van der Waals surface area contributed by atoms with Crippen molar-refractivity contribution in [3.05, 3.63) is 65.0 Å². The molecule has 4 rings (SSSR count). The summed E-state index contributed by atoms with van der Waals surface area (Å²) in [5.74, 6) is 1.49. The smallest absolute Gasteiger partial charge is 0.255 e. The monoisotopic (exact) mass is 347 g/mol. The molecule has 26 heavy (non-hydrogen) atoms. The molecule has 0 radical (unpaired) electrons. The van der Waals surface area contributed by atoms with E-state index in [0.717, 1.165) is 35.2 Å². The number of rotatable bonds is 4. The van der Waals surface area contributed by atoms with Crippen LogP contribution in [0, 0.1) is 13.8 Å². The third-order valence-electron chi connectivity index (χ3n) is 5.13. The van der Waals surface area contributed by atoms with E-state index in [2.05, 4.69) is 15.5 Å². The number of aromatic nitrogens is 2. The summed E-state index contributed by atoms with van der Waals surface area (Å²) in [7, 11) is 0. The van der Waals surface area contributed by atoms with Crippen LogP contribution in [0.5, 0.6) is 0 Å². The van der Waals surface area contributed by atoms with Gasteiger partial charge in [0, 0.05) is 22.7 Å². The molecule has 1 N–H and O–H groups in total. The summed E-state index contributed by atoms with van der Waals surface area (Å²) >= 11 is 0. The van der Waals surface area contributed by atoms with E-state index in [4.69, 9.17) is 4.52 Å². The third kappa shape index (κ3) is 3.12.